The molecule has 0 atom stereocenters. The lowest BCUT2D eigenvalue weighted by Gasteiger charge is -2.36. The first-order valence-corrected chi connectivity index (χ1v) is 10.9. The number of ether oxygens (including phenoxy) is 1. The zero-order valence-corrected chi connectivity index (χ0v) is 18.7. The normalized spacial score (nSPS) is 14.0. The smallest absolute Gasteiger partial charge is 0.317 e. The molecule has 0 spiro atoms. The number of anilines is 1. The number of fused-ring (bicyclic) bond motifs is 1. The summed E-state index contributed by atoms with van der Waals surface area (Å²) in [6, 6.07) is 12.9. The number of nitrogens with zero attached hydrogens (tertiary/aromatic N) is 4. The summed E-state index contributed by atoms with van der Waals surface area (Å²) in [6.45, 7) is 5.20. The molecule has 0 radical (unpaired) electrons. The van der Waals surface area contributed by atoms with E-state index in [1.807, 2.05) is 43.3 Å². The van der Waals surface area contributed by atoms with Crippen LogP contribution in [0, 0.1) is 0 Å². The molecule has 4 rings (SSSR count). The van der Waals surface area contributed by atoms with Crippen LogP contribution in [0.25, 0.3) is 11.0 Å². The number of rotatable bonds is 5. The van der Waals surface area contributed by atoms with Gasteiger partial charge in [-0.05, 0) is 37.3 Å². The zero-order valence-electron chi connectivity index (χ0n) is 17.1. The molecule has 2 amide bonds. The highest BCUT2D eigenvalue weighted by Crippen LogP contribution is 2.26. The highest BCUT2D eigenvalue weighted by Gasteiger charge is 2.22. The van der Waals surface area contributed by atoms with Crippen molar-refractivity contribution >= 4 is 46.0 Å². The van der Waals surface area contributed by atoms with Crippen LogP contribution in [0.15, 0.2) is 42.5 Å². The zero-order chi connectivity index (χ0) is 21.8. The van der Waals surface area contributed by atoms with Crippen molar-refractivity contribution in [3.63, 3.8) is 0 Å². The molecule has 0 unspecified atom stereocenters. The minimum absolute atomic E-state index is 0.138. The first-order chi connectivity index (χ1) is 15.0. The van der Waals surface area contributed by atoms with E-state index in [0.717, 1.165) is 16.7 Å². The molecule has 1 saturated heterocycles. The van der Waals surface area contributed by atoms with Crippen LogP contribution >= 0.6 is 23.2 Å². The van der Waals surface area contributed by atoms with Crippen molar-refractivity contribution in [3.05, 3.63) is 58.2 Å². The Bertz CT molecular complexity index is 1070. The lowest BCUT2D eigenvalue weighted by molar-refractivity contribution is 0.193. The van der Waals surface area contributed by atoms with Gasteiger partial charge in [0.15, 0.2) is 0 Å². The minimum atomic E-state index is -0.138. The quantitative estimate of drug-likeness (QED) is 0.613. The molecule has 1 aliphatic rings. The molecule has 1 N–H and O–H groups in total. The van der Waals surface area contributed by atoms with E-state index < -0.39 is 0 Å². The molecular formula is C22H23Cl2N5O2. The summed E-state index contributed by atoms with van der Waals surface area (Å²) in [7, 11) is 0. The molecule has 0 bridgehead atoms. The molecule has 1 aromatic heterocycles. The van der Waals surface area contributed by atoms with Gasteiger partial charge in [-0.15, -0.1) is 0 Å². The first kappa shape index (κ1) is 21.5. The Morgan fingerprint density at radius 2 is 1.68 bits per heavy atom. The molecule has 3 aromatic rings. The SMILES string of the molecule is CCOc1nc2ccccc2nc1CNC(=O)N1CCN(c2cc(Cl)cc(Cl)c2)CC1. The second kappa shape index (κ2) is 9.58. The summed E-state index contributed by atoms with van der Waals surface area (Å²) in [5, 5.41) is 4.15. The number of para-hydroxylation sites is 2. The third kappa shape index (κ3) is 5.11. The fourth-order valence-corrected chi connectivity index (χ4v) is 4.06. The van der Waals surface area contributed by atoms with E-state index in [9.17, 15) is 4.79 Å². The van der Waals surface area contributed by atoms with Crippen LogP contribution < -0.4 is 15.0 Å². The minimum Gasteiger partial charge on any atom is -0.477 e. The van der Waals surface area contributed by atoms with E-state index in [0.29, 0.717) is 54.4 Å². The van der Waals surface area contributed by atoms with Crippen LogP contribution in [0.4, 0.5) is 10.5 Å². The van der Waals surface area contributed by atoms with E-state index in [4.69, 9.17) is 27.9 Å². The van der Waals surface area contributed by atoms with Crippen LogP contribution in [0.1, 0.15) is 12.6 Å². The third-order valence-electron chi connectivity index (χ3n) is 5.07. The average Bonchev–Trinajstić information content (AvgIpc) is 2.77. The molecule has 0 saturated carbocycles. The highest BCUT2D eigenvalue weighted by atomic mass is 35.5. The molecule has 1 aliphatic heterocycles. The lowest BCUT2D eigenvalue weighted by atomic mass is 10.2. The maximum atomic E-state index is 12.7. The van der Waals surface area contributed by atoms with Gasteiger partial charge in [0.2, 0.25) is 5.88 Å². The van der Waals surface area contributed by atoms with E-state index in [-0.39, 0.29) is 12.6 Å². The number of aromatic nitrogens is 2. The van der Waals surface area contributed by atoms with Gasteiger partial charge in [0.1, 0.15) is 5.69 Å². The molecule has 9 heteroatoms. The van der Waals surface area contributed by atoms with Crippen molar-refractivity contribution in [1.82, 2.24) is 20.2 Å². The summed E-state index contributed by atoms with van der Waals surface area (Å²) in [6.07, 6.45) is 0. The number of piperazine rings is 1. The third-order valence-corrected chi connectivity index (χ3v) is 5.51. The van der Waals surface area contributed by atoms with Gasteiger partial charge < -0.3 is 19.9 Å². The van der Waals surface area contributed by atoms with E-state index >= 15 is 0 Å². The second-order valence-corrected chi connectivity index (χ2v) is 8.03. The Kier molecular flexibility index (Phi) is 6.63. The van der Waals surface area contributed by atoms with Crippen molar-refractivity contribution in [3.8, 4) is 5.88 Å². The average molecular weight is 460 g/mol. The number of carbonyl (C=O) groups is 1. The lowest BCUT2D eigenvalue weighted by Crippen LogP contribution is -2.51. The molecule has 0 aliphatic carbocycles. The molecular weight excluding hydrogens is 437 g/mol. The van der Waals surface area contributed by atoms with Crippen molar-refractivity contribution < 1.29 is 9.53 Å². The van der Waals surface area contributed by atoms with Gasteiger partial charge in [-0.3, -0.25) is 0 Å². The molecule has 162 valence electrons. The van der Waals surface area contributed by atoms with Crippen molar-refractivity contribution in [2.75, 3.05) is 37.7 Å². The summed E-state index contributed by atoms with van der Waals surface area (Å²) in [4.78, 5) is 25.8. The highest BCUT2D eigenvalue weighted by molar-refractivity contribution is 6.35. The van der Waals surface area contributed by atoms with E-state index in [1.54, 1.807) is 11.0 Å². The fraction of sp³-hybridized carbons (Fsp3) is 0.318. The van der Waals surface area contributed by atoms with Crippen LogP contribution in [-0.4, -0.2) is 53.7 Å². The van der Waals surface area contributed by atoms with Gasteiger partial charge in [0.25, 0.3) is 0 Å². The Morgan fingerprint density at radius 1 is 1.03 bits per heavy atom. The number of hydrogen-bond donors (Lipinski definition) is 1. The number of nitrogens with one attached hydrogen (secondary N) is 1. The van der Waals surface area contributed by atoms with Gasteiger partial charge in [0.05, 0.1) is 24.2 Å². The van der Waals surface area contributed by atoms with Crippen molar-refractivity contribution in [1.29, 1.82) is 0 Å². The van der Waals surface area contributed by atoms with Gasteiger partial charge in [-0.2, -0.15) is 0 Å². The van der Waals surface area contributed by atoms with E-state index in [1.165, 1.54) is 0 Å². The van der Waals surface area contributed by atoms with Crippen LogP contribution in [-0.2, 0) is 6.54 Å². The molecule has 7 nitrogen and oxygen atoms in total. The van der Waals surface area contributed by atoms with Gasteiger partial charge >= 0.3 is 6.03 Å². The van der Waals surface area contributed by atoms with Gasteiger partial charge in [-0.1, -0.05) is 35.3 Å². The first-order valence-electron chi connectivity index (χ1n) is 10.2. The standard InChI is InChI=1S/C22H23Cl2N5O2/c1-2-31-21-20(26-18-5-3-4-6-19(18)27-21)14-25-22(30)29-9-7-28(8-10-29)17-12-15(23)11-16(24)13-17/h3-6,11-13H,2,7-10,14H2,1H3,(H,25,30). The number of urea groups is 1. The Hall–Kier alpha value is -2.77. The molecule has 2 heterocycles. The Morgan fingerprint density at radius 3 is 2.32 bits per heavy atom. The monoisotopic (exact) mass is 459 g/mol. The molecule has 1 fully saturated rings. The summed E-state index contributed by atoms with van der Waals surface area (Å²) in [5.41, 5.74) is 3.11. The predicted molar refractivity (Wildman–Crippen MR) is 123 cm³/mol. The van der Waals surface area contributed by atoms with Crippen molar-refractivity contribution in [2.24, 2.45) is 0 Å². The second-order valence-electron chi connectivity index (χ2n) is 7.16. The van der Waals surface area contributed by atoms with Gasteiger partial charge in [-0.25, -0.2) is 14.8 Å². The topological polar surface area (TPSA) is 70.6 Å². The van der Waals surface area contributed by atoms with Crippen LogP contribution in [0.3, 0.4) is 0 Å². The molecule has 2 aromatic carbocycles. The van der Waals surface area contributed by atoms with E-state index in [2.05, 4.69) is 20.2 Å². The Balaban J connectivity index is 1.38. The number of carbonyl (C=O) groups excluding carboxylic acids is 1. The number of amides is 2. The Labute approximate surface area is 190 Å². The largest absolute Gasteiger partial charge is 0.477 e. The maximum Gasteiger partial charge on any atom is 0.317 e. The fourth-order valence-electron chi connectivity index (χ4n) is 3.55. The van der Waals surface area contributed by atoms with Crippen molar-refractivity contribution in [2.45, 2.75) is 13.5 Å². The van der Waals surface area contributed by atoms with Crippen LogP contribution in [0.5, 0.6) is 5.88 Å². The predicted octanol–water partition coefficient (Wildman–Crippen LogP) is 4.37. The number of halogens is 2. The summed E-state index contributed by atoms with van der Waals surface area (Å²) >= 11 is 12.2. The number of hydrogen-bond acceptors (Lipinski definition) is 5. The molecule has 31 heavy (non-hydrogen) atoms. The summed E-state index contributed by atoms with van der Waals surface area (Å²) in [5.74, 6) is 0.448. The van der Waals surface area contributed by atoms with Gasteiger partial charge in [0, 0.05) is 41.9 Å². The maximum absolute atomic E-state index is 12.7. The van der Waals surface area contributed by atoms with Crippen LogP contribution in [0.2, 0.25) is 10.0 Å². The summed E-state index contributed by atoms with van der Waals surface area (Å²) < 4.78 is 5.64. The number of benzene rings is 2.